The molecule has 0 spiro atoms. The van der Waals surface area contributed by atoms with Gasteiger partial charge in [-0.3, -0.25) is 4.79 Å². The molecular weight excluding hydrogens is 328 g/mol. The Kier molecular flexibility index (Phi) is 4.94. The first-order valence-electron chi connectivity index (χ1n) is 8.71. The number of hydrogen-bond acceptors (Lipinski definition) is 4. The molecule has 1 atom stereocenters. The lowest BCUT2D eigenvalue weighted by Gasteiger charge is -2.15. The summed E-state index contributed by atoms with van der Waals surface area (Å²) >= 11 is 0. The van der Waals surface area contributed by atoms with Gasteiger partial charge in [-0.2, -0.15) is 0 Å². The fraction of sp³-hybridized carbons (Fsp3) is 0.273. The molecular formula is C22H22O4. The average molecular weight is 350 g/mol. The first-order chi connectivity index (χ1) is 12.4. The van der Waals surface area contributed by atoms with Crippen molar-refractivity contribution in [2.45, 2.75) is 39.7 Å². The van der Waals surface area contributed by atoms with Crippen LogP contribution in [-0.4, -0.2) is 11.9 Å². The topological polar surface area (TPSA) is 56.5 Å². The summed E-state index contributed by atoms with van der Waals surface area (Å²) in [5, 5.41) is 0.877. The summed E-state index contributed by atoms with van der Waals surface area (Å²) in [4.78, 5) is 24.7. The smallest absolute Gasteiger partial charge is 0.339 e. The molecule has 0 bridgehead atoms. The highest BCUT2D eigenvalue weighted by atomic mass is 16.5. The van der Waals surface area contributed by atoms with Crippen molar-refractivity contribution < 1.29 is 13.9 Å². The van der Waals surface area contributed by atoms with E-state index in [9.17, 15) is 9.59 Å². The van der Waals surface area contributed by atoms with Gasteiger partial charge in [0.25, 0.3) is 0 Å². The maximum absolute atomic E-state index is 12.4. The van der Waals surface area contributed by atoms with Crippen molar-refractivity contribution >= 4 is 16.8 Å². The third-order valence-corrected chi connectivity index (χ3v) is 4.50. The predicted octanol–water partition coefficient (Wildman–Crippen LogP) is 4.88. The van der Waals surface area contributed by atoms with Crippen molar-refractivity contribution in [1.82, 2.24) is 0 Å². The van der Waals surface area contributed by atoms with Gasteiger partial charge in [-0.25, -0.2) is 4.79 Å². The van der Waals surface area contributed by atoms with E-state index in [2.05, 4.69) is 0 Å². The van der Waals surface area contributed by atoms with Gasteiger partial charge in [0.2, 0.25) is 5.78 Å². The summed E-state index contributed by atoms with van der Waals surface area (Å²) in [6, 6.07) is 14.4. The number of fused-ring (bicyclic) bond motifs is 1. The molecule has 4 heteroatoms. The van der Waals surface area contributed by atoms with Crippen molar-refractivity contribution in [2.24, 2.45) is 0 Å². The zero-order valence-electron chi connectivity index (χ0n) is 15.4. The SMILES string of the molecule is Cc1c(C(C)C)c(=O)oc2cc(OC(C)C(=O)c3ccccc3)ccc12. The second-order valence-electron chi connectivity index (χ2n) is 6.73. The standard InChI is InChI=1S/C22H22O4/c1-13(2)20-14(3)18-11-10-17(12-19(18)26-22(20)24)25-15(4)21(23)16-8-6-5-7-9-16/h5-13,15H,1-4H3. The normalized spacial score (nSPS) is 12.3. The summed E-state index contributed by atoms with van der Waals surface area (Å²) in [7, 11) is 0. The molecule has 3 rings (SSSR count). The zero-order chi connectivity index (χ0) is 18.8. The van der Waals surface area contributed by atoms with Crippen molar-refractivity contribution in [2.75, 3.05) is 0 Å². The van der Waals surface area contributed by atoms with E-state index in [-0.39, 0.29) is 17.3 Å². The van der Waals surface area contributed by atoms with Crippen LogP contribution >= 0.6 is 0 Å². The van der Waals surface area contributed by atoms with E-state index in [1.165, 1.54) is 0 Å². The zero-order valence-corrected chi connectivity index (χ0v) is 15.4. The summed E-state index contributed by atoms with van der Waals surface area (Å²) in [6.07, 6.45) is -0.641. The van der Waals surface area contributed by atoms with Crippen LogP contribution in [0.15, 0.2) is 57.7 Å². The number of ketones is 1. The lowest BCUT2D eigenvalue weighted by atomic mass is 9.97. The molecule has 0 saturated carbocycles. The van der Waals surface area contributed by atoms with E-state index in [4.69, 9.17) is 9.15 Å². The van der Waals surface area contributed by atoms with Gasteiger partial charge in [0, 0.05) is 22.6 Å². The van der Waals surface area contributed by atoms with Crippen molar-refractivity contribution in [3.05, 3.63) is 75.6 Å². The number of aryl methyl sites for hydroxylation is 1. The molecule has 0 saturated heterocycles. The molecule has 26 heavy (non-hydrogen) atoms. The van der Waals surface area contributed by atoms with Crippen LogP contribution in [0.4, 0.5) is 0 Å². The molecule has 1 heterocycles. The van der Waals surface area contributed by atoms with E-state index < -0.39 is 6.10 Å². The number of Topliss-reactive ketones (excluding diaryl/α,β-unsaturated/α-hetero) is 1. The maximum Gasteiger partial charge on any atom is 0.339 e. The Balaban J connectivity index is 1.91. The minimum Gasteiger partial charge on any atom is -0.482 e. The van der Waals surface area contributed by atoms with E-state index in [0.29, 0.717) is 22.5 Å². The van der Waals surface area contributed by atoms with Crippen LogP contribution in [0.2, 0.25) is 0 Å². The van der Waals surface area contributed by atoms with Crippen LogP contribution < -0.4 is 10.4 Å². The first-order valence-corrected chi connectivity index (χ1v) is 8.71. The molecule has 1 unspecified atom stereocenters. The Morgan fingerprint density at radius 1 is 1.04 bits per heavy atom. The Morgan fingerprint density at radius 2 is 1.73 bits per heavy atom. The minimum atomic E-state index is -0.641. The Labute approximate surface area is 152 Å². The van der Waals surface area contributed by atoms with Gasteiger partial charge in [0.15, 0.2) is 6.10 Å². The Morgan fingerprint density at radius 3 is 2.38 bits per heavy atom. The number of ether oxygens (including phenoxy) is 1. The van der Waals surface area contributed by atoms with Crippen LogP contribution in [0.25, 0.3) is 11.0 Å². The number of carbonyl (C=O) groups is 1. The summed E-state index contributed by atoms with van der Waals surface area (Å²) < 4.78 is 11.3. The molecule has 4 nitrogen and oxygen atoms in total. The maximum atomic E-state index is 12.4. The summed E-state index contributed by atoms with van der Waals surface area (Å²) in [5.74, 6) is 0.489. The first kappa shape index (κ1) is 17.9. The summed E-state index contributed by atoms with van der Waals surface area (Å²) in [5.41, 5.74) is 2.36. The van der Waals surface area contributed by atoms with Crippen molar-refractivity contribution in [3.8, 4) is 5.75 Å². The molecule has 0 amide bonds. The Hall–Kier alpha value is -2.88. The van der Waals surface area contributed by atoms with Gasteiger partial charge in [0.1, 0.15) is 11.3 Å². The Bertz CT molecular complexity index is 1000. The van der Waals surface area contributed by atoms with Gasteiger partial charge >= 0.3 is 5.63 Å². The fourth-order valence-electron chi connectivity index (χ4n) is 3.19. The van der Waals surface area contributed by atoms with Crippen LogP contribution in [0.1, 0.15) is 48.2 Å². The average Bonchev–Trinajstić information content (AvgIpc) is 2.61. The molecule has 3 aromatic rings. The minimum absolute atomic E-state index is 0.0927. The largest absolute Gasteiger partial charge is 0.482 e. The van der Waals surface area contributed by atoms with Gasteiger partial charge in [-0.15, -0.1) is 0 Å². The molecule has 0 aliphatic carbocycles. The second-order valence-corrected chi connectivity index (χ2v) is 6.73. The monoisotopic (exact) mass is 350 g/mol. The van der Waals surface area contributed by atoms with Gasteiger partial charge in [-0.05, 0) is 37.5 Å². The number of benzene rings is 2. The molecule has 1 aromatic heterocycles. The quantitative estimate of drug-likeness (QED) is 0.486. The molecule has 0 N–H and O–H groups in total. The number of hydrogen-bond donors (Lipinski definition) is 0. The molecule has 2 aromatic carbocycles. The molecule has 0 fully saturated rings. The van der Waals surface area contributed by atoms with Gasteiger partial charge < -0.3 is 9.15 Å². The highest BCUT2D eigenvalue weighted by molar-refractivity contribution is 5.99. The summed E-state index contributed by atoms with van der Waals surface area (Å²) in [6.45, 7) is 7.58. The second kappa shape index (κ2) is 7.16. The van der Waals surface area contributed by atoms with E-state index in [1.54, 1.807) is 31.2 Å². The van der Waals surface area contributed by atoms with Gasteiger partial charge in [0.05, 0.1) is 0 Å². The third-order valence-electron chi connectivity index (χ3n) is 4.50. The lowest BCUT2D eigenvalue weighted by Crippen LogP contribution is -2.23. The predicted molar refractivity (Wildman–Crippen MR) is 102 cm³/mol. The number of rotatable bonds is 5. The van der Waals surface area contributed by atoms with E-state index >= 15 is 0 Å². The van der Waals surface area contributed by atoms with Crippen LogP contribution in [0.3, 0.4) is 0 Å². The highest BCUT2D eigenvalue weighted by Gasteiger charge is 2.18. The van der Waals surface area contributed by atoms with Gasteiger partial charge in [-0.1, -0.05) is 44.2 Å². The number of carbonyl (C=O) groups excluding carboxylic acids is 1. The highest BCUT2D eigenvalue weighted by Crippen LogP contribution is 2.27. The molecule has 0 aliphatic rings. The van der Waals surface area contributed by atoms with Crippen LogP contribution in [0.5, 0.6) is 5.75 Å². The molecule has 0 aliphatic heterocycles. The van der Waals surface area contributed by atoms with Crippen LogP contribution in [0, 0.1) is 6.92 Å². The third kappa shape index (κ3) is 3.40. The molecule has 0 radical (unpaired) electrons. The molecule has 134 valence electrons. The van der Waals surface area contributed by atoms with Crippen molar-refractivity contribution in [1.29, 1.82) is 0 Å². The van der Waals surface area contributed by atoms with Crippen molar-refractivity contribution in [3.63, 3.8) is 0 Å². The van der Waals surface area contributed by atoms with E-state index in [0.717, 1.165) is 10.9 Å². The van der Waals surface area contributed by atoms with E-state index in [1.807, 2.05) is 45.0 Å². The van der Waals surface area contributed by atoms with Crippen LogP contribution in [-0.2, 0) is 0 Å². The fourth-order valence-corrected chi connectivity index (χ4v) is 3.19. The lowest BCUT2D eigenvalue weighted by molar-refractivity contribution is 0.0818.